The van der Waals surface area contributed by atoms with Crippen molar-refractivity contribution >= 4 is 33.5 Å². The minimum absolute atomic E-state index is 0.00829. The normalized spacial score (nSPS) is 18.8. The molecule has 0 atom stereocenters. The number of benzene rings is 1. The number of hydrogen-bond donors (Lipinski definition) is 0. The molecule has 1 aliphatic heterocycles. The van der Waals surface area contributed by atoms with Crippen molar-refractivity contribution in [3.63, 3.8) is 0 Å². The second-order valence-corrected chi connectivity index (χ2v) is 6.49. The number of ketones is 1. The van der Waals surface area contributed by atoms with E-state index in [1.165, 1.54) is 12.1 Å². The highest BCUT2D eigenvalue weighted by Crippen LogP contribution is 2.40. The smallest absolute Gasteiger partial charge is 0.178 e. The molecule has 1 aromatic carbocycles. The average Bonchev–Trinajstić information content (AvgIpc) is 2.12. The topological polar surface area (TPSA) is 17.1 Å². The Balaban J connectivity index is 2.62. The van der Waals surface area contributed by atoms with E-state index >= 15 is 0 Å². The van der Waals surface area contributed by atoms with Crippen molar-refractivity contribution in [3.8, 4) is 0 Å². The number of Topliss-reactive ketones (excluding diaryl/α,β-unsaturated/α-hetero) is 1. The molecule has 80 valence electrons. The summed E-state index contributed by atoms with van der Waals surface area (Å²) in [4.78, 5) is 12.0. The molecule has 1 aliphatic rings. The number of thioether (sulfide) groups is 1. The van der Waals surface area contributed by atoms with Crippen LogP contribution in [-0.4, -0.2) is 10.5 Å². The summed E-state index contributed by atoms with van der Waals surface area (Å²) in [6.07, 6.45) is 0. The highest BCUT2D eigenvalue weighted by atomic mass is 79.9. The maximum atomic E-state index is 13.2. The van der Waals surface area contributed by atoms with Crippen LogP contribution in [0.2, 0.25) is 0 Å². The van der Waals surface area contributed by atoms with E-state index in [1.807, 2.05) is 13.8 Å². The Morgan fingerprint density at radius 1 is 1.47 bits per heavy atom. The van der Waals surface area contributed by atoms with Gasteiger partial charge in [-0.15, -0.1) is 11.8 Å². The van der Waals surface area contributed by atoms with Crippen molar-refractivity contribution in [3.05, 3.63) is 33.5 Å². The maximum Gasteiger partial charge on any atom is 0.178 e. The molecule has 0 bridgehead atoms. The summed E-state index contributed by atoms with van der Waals surface area (Å²) in [5.74, 6) is 0.389. The van der Waals surface area contributed by atoms with Gasteiger partial charge in [0.1, 0.15) is 5.82 Å². The Kier molecular flexibility index (Phi) is 2.67. The molecule has 2 rings (SSSR count). The summed E-state index contributed by atoms with van der Waals surface area (Å²) < 4.78 is 13.4. The van der Waals surface area contributed by atoms with Gasteiger partial charge in [0.15, 0.2) is 5.78 Å². The first-order chi connectivity index (χ1) is 6.92. The predicted octanol–water partition coefficient (Wildman–Crippen LogP) is 3.80. The molecule has 0 fully saturated rings. The molecule has 0 N–H and O–H groups in total. The minimum atomic E-state index is -0.444. The lowest BCUT2D eigenvalue weighted by Crippen LogP contribution is -2.32. The first-order valence-electron chi connectivity index (χ1n) is 4.58. The van der Waals surface area contributed by atoms with E-state index in [0.717, 1.165) is 11.3 Å². The fraction of sp³-hybridized carbons (Fsp3) is 0.364. The Hall–Kier alpha value is -0.350. The van der Waals surface area contributed by atoms with Gasteiger partial charge in [0, 0.05) is 15.8 Å². The lowest BCUT2D eigenvalue weighted by Gasteiger charge is -2.29. The molecule has 1 nitrogen and oxygen atoms in total. The van der Waals surface area contributed by atoms with Gasteiger partial charge in [-0.1, -0.05) is 15.9 Å². The number of halogens is 2. The molecule has 0 saturated heterocycles. The predicted molar refractivity (Wildman–Crippen MR) is 63.8 cm³/mol. The summed E-state index contributed by atoms with van der Waals surface area (Å²) in [5.41, 5.74) is 1.43. The lowest BCUT2D eigenvalue weighted by molar-refractivity contribution is 0.0954. The van der Waals surface area contributed by atoms with E-state index in [9.17, 15) is 9.18 Å². The highest BCUT2D eigenvalue weighted by molar-refractivity contribution is 9.10. The monoisotopic (exact) mass is 288 g/mol. The third-order valence-electron chi connectivity index (χ3n) is 2.53. The van der Waals surface area contributed by atoms with Crippen LogP contribution in [-0.2, 0) is 5.75 Å². The number of carbonyl (C=O) groups excluding carboxylic acids is 1. The summed E-state index contributed by atoms with van der Waals surface area (Å²) >= 11 is 4.88. The van der Waals surface area contributed by atoms with Gasteiger partial charge in [-0.05, 0) is 31.5 Å². The first kappa shape index (κ1) is 11.1. The van der Waals surface area contributed by atoms with Crippen LogP contribution in [0.25, 0.3) is 0 Å². The molecule has 0 saturated carbocycles. The zero-order valence-electron chi connectivity index (χ0n) is 8.43. The zero-order chi connectivity index (χ0) is 11.2. The molecule has 0 amide bonds. The Bertz CT molecular complexity index is 442. The van der Waals surface area contributed by atoms with Crippen molar-refractivity contribution in [2.45, 2.75) is 24.3 Å². The van der Waals surface area contributed by atoms with Gasteiger partial charge in [0.05, 0.1) is 4.75 Å². The van der Waals surface area contributed by atoms with Crippen LogP contribution in [0.4, 0.5) is 4.39 Å². The number of carbonyl (C=O) groups is 1. The number of fused-ring (bicyclic) bond motifs is 1. The van der Waals surface area contributed by atoms with Crippen LogP contribution in [0.15, 0.2) is 16.6 Å². The quantitative estimate of drug-likeness (QED) is 0.722. The summed E-state index contributed by atoms with van der Waals surface area (Å²) in [5, 5.41) is 0. The van der Waals surface area contributed by atoms with Gasteiger partial charge in [0.2, 0.25) is 0 Å². The van der Waals surface area contributed by atoms with Crippen molar-refractivity contribution in [1.82, 2.24) is 0 Å². The minimum Gasteiger partial charge on any atom is -0.293 e. The zero-order valence-corrected chi connectivity index (χ0v) is 10.8. The van der Waals surface area contributed by atoms with Crippen LogP contribution in [0, 0.1) is 5.82 Å². The Labute approximate surface area is 101 Å². The van der Waals surface area contributed by atoms with Gasteiger partial charge in [-0.25, -0.2) is 4.39 Å². The number of rotatable bonds is 0. The Morgan fingerprint density at radius 2 is 2.13 bits per heavy atom. The Morgan fingerprint density at radius 3 is 2.80 bits per heavy atom. The SMILES string of the molecule is CC1(C)SCc2c(Br)cc(F)cc2C1=O. The molecule has 1 aromatic rings. The molecule has 1 heterocycles. The molecule has 0 radical (unpaired) electrons. The summed E-state index contributed by atoms with van der Waals surface area (Å²) in [6, 6.07) is 2.74. The maximum absolute atomic E-state index is 13.2. The second-order valence-electron chi connectivity index (χ2n) is 4.04. The molecule has 4 heteroatoms. The van der Waals surface area contributed by atoms with Crippen LogP contribution in [0.5, 0.6) is 0 Å². The largest absolute Gasteiger partial charge is 0.293 e. The molecule has 0 spiro atoms. The first-order valence-corrected chi connectivity index (χ1v) is 6.36. The van der Waals surface area contributed by atoms with Gasteiger partial charge in [-0.2, -0.15) is 0 Å². The van der Waals surface area contributed by atoms with Gasteiger partial charge < -0.3 is 0 Å². The fourth-order valence-electron chi connectivity index (χ4n) is 1.60. The molecular formula is C11H10BrFOS. The molecule has 0 aromatic heterocycles. The molecule has 0 unspecified atom stereocenters. The van der Waals surface area contributed by atoms with E-state index < -0.39 is 4.75 Å². The molecule has 15 heavy (non-hydrogen) atoms. The van der Waals surface area contributed by atoms with Crippen molar-refractivity contribution < 1.29 is 9.18 Å². The molecule has 0 aliphatic carbocycles. The van der Waals surface area contributed by atoms with Gasteiger partial charge >= 0.3 is 0 Å². The van der Waals surface area contributed by atoms with Crippen molar-refractivity contribution in [2.24, 2.45) is 0 Å². The van der Waals surface area contributed by atoms with Crippen LogP contribution in [0.1, 0.15) is 29.8 Å². The lowest BCUT2D eigenvalue weighted by atomic mass is 9.95. The van der Waals surface area contributed by atoms with Crippen LogP contribution in [0.3, 0.4) is 0 Å². The third-order valence-corrected chi connectivity index (χ3v) is 4.58. The van der Waals surface area contributed by atoms with E-state index in [1.54, 1.807) is 11.8 Å². The van der Waals surface area contributed by atoms with Gasteiger partial charge in [-0.3, -0.25) is 4.79 Å². The third kappa shape index (κ3) is 1.85. The van der Waals surface area contributed by atoms with E-state index in [2.05, 4.69) is 15.9 Å². The average molecular weight is 289 g/mol. The van der Waals surface area contributed by atoms with E-state index in [0.29, 0.717) is 10.0 Å². The van der Waals surface area contributed by atoms with Crippen molar-refractivity contribution in [2.75, 3.05) is 0 Å². The number of hydrogen-bond acceptors (Lipinski definition) is 2. The van der Waals surface area contributed by atoms with Crippen molar-refractivity contribution in [1.29, 1.82) is 0 Å². The summed E-state index contributed by atoms with van der Waals surface area (Å²) in [6.45, 7) is 3.75. The second kappa shape index (κ2) is 3.59. The van der Waals surface area contributed by atoms with Crippen LogP contribution >= 0.6 is 27.7 Å². The standard InChI is InChI=1S/C11H10BrFOS/c1-11(2)10(14)7-3-6(13)4-9(12)8(7)5-15-11/h3-4H,5H2,1-2H3. The van der Waals surface area contributed by atoms with E-state index in [-0.39, 0.29) is 11.6 Å². The van der Waals surface area contributed by atoms with E-state index in [4.69, 9.17) is 0 Å². The van der Waals surface area contributed by atoms with Crippen LogP contribution < -0.4 is 0 Å². The fourth-order valence-corrected chi connectivity index (χ4v) is 3.41. The highest BCUT2D eigenvalue weighted by Gasteiger charge is 2.36. The summed E-state index contributed by atoms with van der Waals surface area (Å²) in [7, 11) is 0. The molecular weight excluding hydrogens is 279 g/mol. The van der Waals surface area contributed by atoms with Gasteiger partial charge in [0.25, 0.3) is 0 Å².